The molecule has 3 aromatic rings. The maximum absolute atomic E-state index is 13.0. The van der Waals surface area contributed by atoms with E-state index in [1.165, 1.54) is 12.1 Å². The molecule has 0 fully saturated rings. The van der Waals surface area contributed by atoms with Crippen molar-refractivity contribution in [1.82, 2.24) is 4.98 Å². The van der Waals surface area contributed by atoms with E-state index in [-0.39, 0.29) is 12.4 Å². The molecule has 0 amide bonds. The van der Waals surface area contributed by atoms with Gasteiger partial charge in [0.25, 0.3) is 0 Å². The maximum Gasteiger partial charge on any atom is 0.180 e. The highest BCUT2D eigenvalue weighted by Crippen LogP contribution is 2.36. The Morgan fingerprint density at radius 1 is 1.04 bits per heavy atom. The van der Waals surface area contributed by atoms with Crippen LogP contribution < -0.4 is 14.8 Å². The number of rotatable bonds is 8. The van der Waals surface area contributed by atoms with Crippen molar-refractivity contribution in [2.45, 2.75) is 19.7 Å². The van der Waals surface area contributed by atoms with Crippen LogP contribution >= 0.6 is 11.6 Å². The molecular formula is C21H21ClFN2O2+. The second kappa shape index (κ2) is 9.35. The zero-order valence-corrected chi connectivity index (χ0v) is 15.7. The third kappa shape index (κ3) is 5.42. The Balaban J connectivity index is 1.64. The van der Waals surface area contributed by atoms with Gasteiger partial charge in [-0.3, -0.25) is 4.98 Å². The summed E-state index contributed by atoms with van der Waals surface area (Å²) in [6.07, 6.45) is 1.79. The van der Waals surface area contributed by atoms with Gasteiger partial charge in [0.15, 0.2) is 11.5 Å². The third-order valence-electron chi connectivity index (χ3n) is 4.05. The summed E-state index contributed by atoms with van der Waals surface area (Å²) in [5, 5.41) is 2.63. The van der Waals surface area contributed by atoms with Gasteiger partial charge in [-0.2, -0.15) is 0 Å². The monoisotopic (exact) mass is 387 g/mol. The van der Waals surface area contributed by atoms with Crippen LogP contribution in [0.2, 0.25) is 5.02 Å². The van der Waals surface area contributed by atoms with Crippen LogP contribution in [-0.4, -0.2) is 12.1 Å². The Hall–Kier alpha value is -2.63. The molecule has 0 unspecified atom stereocenters. The van der Waals surface area contributed by atoms with Gasteiger partial charge < -0.3 is 14.8 Å². The molecule has 140 valence electrons. The summed E-state index contributed by atoms with van der Waals surface area (Å²) in [7, 11) is 1.58. The molecule has 27 heavy (non-hydrogen) atoms. The molecule has 0 radical (unpaired) electrons. The maximum atomic E-state index is 13.0. The van der Waals surface area contributed by atoms with Crippen molar-refractivity contribution < 1.29 is 19.2 Å². The fourth-order valence-electron chi connectivity index (χ4n) is 2.67. The highest BCUT2D eigenvalue weighted by molar-refractivity contribution is 6.32. The Bertz CT molecular complexity index is 873. The molecule has 0 saturated carbocycles. The number of quaternary nitrogens is 1. The van der Waals surface area contributed by atoms with E-state index in [0.29, 0.717) is 16.5 Å². The lowest BCUT2D eigenvalue weighted by molar-refractivity contribution is -0.686. The standard InChI is InChI=1S/C21H20ClFN2O2/c1-26-20-11-16(12-24-13-18-4-2-3-9-25-18)10-19(22)21(20)27-14-15-5-7-17(23)8-6-15/h2-11,24H,12-14H2,1H3/p+1. The molecule has 0 aliphatic heterocycles. The Morgan fingerprint density at radius 2 is 1.85 bits per heavy atom. The molecule has 4 nitrogen and oxygen atoms in total. The van der Waals surface area contributed by atoms with Crippen LogP contribution in [0, 0.1) is 5.82 Å². The summed E-state index contributed by atoms with van der Waals surface area (Å²) >= 11 is 6.41. The van der Waals surface area contributed by atoms with E-state index < -0.39 is 0 Å². The Morgan fingerprint density at radius 3 is 2.56 bits per heavy atom. The fourth-order valence-corrected chi connectivity index (χ4v) is 2.96. The first-order valence-electron chi connectivity index (χ1n) is 8.61. The number of nitrogens with zero attached hydrogens (tertiary/aromatic N) is 1. The number of halogens is 2. The number of benzene rings is 2. The number of aromatic nitrogens is 1. The lowest BCUT2D eigenvalue weighted by Crippen LogP contribution is -2.80. The van der Waals surface area contributed by atoms with E-state index in [1.54, 1.807) is 25.4 Å². The van der Waals surface area contributed by atoms with Crippen molar-refractivity contribution in [3.63, 3.8) is 0 Å². The van der Waals surface area contributed by atoms with E-state index in [9.17, 15) is 4.39 Å². The number of pyridine rings is 1. The lowest BCUT2D eigenvalue weighted by Gasteiger charge is -2.14. The largest absolute Gasteiger partial charge is 0.493 e. The van der Waals surface area contributed by atoms with Crippen molar-refractivity contribution in [3.8, 4) is 11.5 Å². The van der Waals surface area contributed by atoms with Crippen molar-refractivity contribution >= 4 is 11.6 Å². The van der Waals surface area contributed by atoms with Crippen molar-refractivity contribution in [3.05, 3.63) is 88.5 Å². The Kier molecular flexibility index (Phi) is 6.63. The molecule has 1 aromatic heterocycles. The molecule has 3 rings (SSSR count). The molecule has 0 bridgehead atoms. The number of hydrogen-bond acceptors (Lipinski definition) is 3. The van der Waals surface area contributed by atoms with Crippen LogP contribution in [0.4, 0.5) is 4.39 Å². The molecule has 0 spiro atoms. The van der Waals surface area contributed by atoms with Gasteiger partial charge in [-0.15, -0.1) is 0 Å². The molecule has 1 heterocycles. The quantitative estimate of drug-likeness (QED) is 0.640. The van der Waals surface area contributed by atoms with Crippen molar-refractivity contribution in [2.24, 2.45) is 0 Å². The van der Waals surface area contributed by atoms with Crippen LogP contribution in [-0.2, 0) is 19.7 Å². The average molecular weight is 388 g/mol. The average Bonchev–Trinajstić information content (AvgIpc) is 2.69. The highest BCUT2D eigenvalue weighted by Gasteiger charge is 2.13. The van der Waals surface area contributed by atoms with E-state index >= 15 is 0 Å². The zero-order chi connectivity index (χ0) is 19.1. The van der Waals surface area contributed by atoms with Gasteiger partial charge >= 0.3 is 0 Å². The molecular weight excluding hydrogens is 367 g/mol. The number of ether oxygens (including phenoxy) is 2. The normalized spacial score (nSPS) is 10.6. The van der Waals surface area contributed by atoms with Crippen molar-refractivity contribution in [2.75, 3.05) is 7.11 Å². The van der Waals surface area contributed by atoms with E-state index in [0.717, 1.165) is 29.9 Å². The van der Waals surface area contributed by atoms with Gasteiger partial charge in [0.1, 0.15) is 25.5 Å². The smallest absolute Gasteiger partial charge is 0.180 e. The van der Waals surface area contributed by atoms with Crippen LogP contribution in [0.3, 0.4) is 0 Å². The minimum absolute atomic E-state index is 0.277. The van der Waals surface area contributed by atoms with Gasteiger partial charge in [0.05, 0.1) is 17.8 Å². The van der Waals surface area contributed by atoms with Gasteiger partial charge in [-0.05, 0) is 42.0 Å². The van der Waals surface area contributed by atoms with Crippen molar-refractivity contribution in [1.29, 1.82) is 0 Å². The highest BCUT2D eigenvalue weighted by atomic mass is 35.5. The third-order valence-corrected chi connectivity index (χ3v) is 4.33. The molecule has 0 aliphatic carbocycles. The number of methoxy groups -OCH3 is 1. The van der Waals surface area contributed by atoms with Crippen LogP contribution in [0.25, 0.3) is 0 Å². The van der Waals surface area contributed by atoms with E-state index in [2.05, 4.69) is 10.3 Å². The van der Waals surface area contributed by atoms with Gasteiger partial charge in [-0.1, -0.05) is 29.8 Å². The molecule has 0 atom stereocenters. The zero-order valence-electron chi connectivity index (χ0n) is 15.0. The first-order valence-corrected chi connectivity index (χ1v) is 8.98. The first kappa shape index (κ1) is 19.1. The minimum Gasteiger partial charge on any atom is -0.493 e. The predicted molar refractivity (Wildman–Crippen MR) is 102 cm³/mol. The molecule has 0 aliphatic rings. The van der Waals surface area contributed by atoms with E-state index in [1.807, 2.05) is 30.3 Å². The predicted octanol–water partition coefficient (Wildman–Crippen LogP) is 3.73. The van der Waals surface area contributed by atoms with Crippen LogP contribution in [0.1, 0.15) is 16.8 Å². The summed E-state index contributed by atoms with van der Waals surface area (Å²) in [6, 6.07) is 15.8. The summed E-state index contributed by atoms with van der Waals surface area (Å²) in [5.74, 6) is 0.781. The number of hydrogen-bond donors (Lipinski definition) is 1. The SMILES string of the molecule is COc1cc(C[NH2+]Cc2ccccn2)cc(Cl)c1OCc1ccc(F)cc1. The summed E-state index contributed by atoms with van der Waals surface area (Å²) in [5.41, 5.74) is 2.90. The van der Waals surface area contributed by atoms with Gasteiger partial charge in [-0.25, -0.2) is 4.39 Å². The summed E-state index contributed by atoms with van der Waals surface area (Å²) in [6.45, 7) is 1.80. The second-order valence-corrected chi connectivity index (χ2v) is 6.45. The number of nitrogens with two attached hydrogens (primary N) is 1. The van der Waals surface area contributed by atoms with Crippen LogP contribution in [0.5, 0.6) is 11.5 Å². The van der Waals surface area contributed by atoms with E-state index in [4.69, 9.17) is 21.1 Å². The topological polar surface area (TPSA) is 48.0 Å². The minimum atomic E-state index is -0.277. The molecule has 2 aromatic carbocycles. The lowest BCUT2D eigenvalue weighted by atomic mass is 10.2. The van der Waals surface area contributed by atoms with Gasteiger partial charge in [0, 0.05) is 11.8 Å². The second-order valence-electron chi connectivity index (χ2n) is 6.04. The Labute approximate surface area is 162 Å². The van der Waals surface area contributed by atoms with Crippen LogP contribution in [0.15, 0.2) is 60.8 Å². The summed E-state index contributed by atoms with van der Waals surface area (Å²) in [4.78, 5) is 4.31. The first-order chi connectivity index (χ1) is 13.2. The molecule has 6 heteroatoms. The summed E-state index contributed by atoms with van der Waals surface area (Å²) < 4.78 is 24.3. The van der Waals surface area contributed by atoms with Gasteiger partial charge in [0.2, 0.25) is 0 Å². The fraction of sp³-hybridized carbons (Fsp3) is 0.190. The molecule has 0 saturated heterocycles. The molecule has 2 N–H and O–H groups in total.